The summed E-state index contributed by atoms with van der Waals surface area (Å²) in [5.41, 5.74) is 0.847. The Morgan fingerprint density at radius 3 is 2.55 bits per heavy atom. The molecule has 1 aliphatic carbocycles. The molecule has 1 aliphatic heterocycles. The third kappa shape index (κ3) is 4.23. The molecule has 0 radical (unpaired) electrons. The number of rotatable bonds is 5. The largest absolute Gasteiger partial charge is 0.491 e. The Morgan fingerprint density at radius 1 is 1.09 bits per heavy atom. The highest BCUT2D eigenvalue weighted by atomic mass is 16.5. The van der Waals surface area contributed by atoms with Crippen LogP contribution in [0.15, 0.2) is 24.3 Å². The number of amides is 1. The average molecular weight is 303 g/mol. The van der Waals surface area contributed by atoms with Gasteiger partial charge in [0.1, 0.15) is 12.4 Å². The highest BCUT2D eigenvalue weighted by Crippen LogP contribution is 2.25. The van der Waals surface area contributed by atoms with E-state index in [0.717, 1.165) is 43.7 Å². The molecule has 2 aliphatic rings. The van der Waals surface area contributed by atoms with Crippen molar-refractivity contribution in [2.24, 2.45) is 5.92 Å². The summed E-state index contributed by atoms with van der Waals surface area (Å²) >= 11 is 0. The summed E-state index contributed by atoms with van der Waals surface area (Å²) in [4.78, 5) is 12.2. The van der Waals surface area contributed by atoms with Gasteiger partial charge in [-0.15, -0.1) is 0 Å². The zero-order chi connectivity index (χ0) is 15.2. The molecule has 22 heavy (non-hydrogen) atoms. The number of hydrogen-bond donors (Lipinski definition) is 1. The van der Waals surface area contributed by atoms with Crippen LogP contribution >= 0.6 is 0 Å². The zero-order valence-corrected chi connectivity index (χ0v) is 13.1. The first-order valence-corrected chi connectivity index (χ1v) is 8.46. The van der Waals surface area contributed by atoms with E-state index < -0.39 is 0 Å². The minimum absolute atomic E-state index is 0.160. The van der Waals surface area contributed by atoms with Gasteiger partial charge in [0, 0.05) is 18.2 Å². The highest BCUT2D eigenvalue weighted by molar-refractivity contribution is 5.92. The minimum Gasteiger partial charge on any atom is -0.491 e. The lowest BCUT2D eigenvalue weighted by Gasteiger charge is -2.20. The first-order valence-electron chi connectivity index (χ1n) is 8.46. The van der Waals surface area contributed by atoms with E-state index in [1.807, 2.05) is 24.3 Å². The number of hydrogen-bond acceptors (Lipinski definition) is 3. The fourth-order valence-electron chi connectivity index (χ4n) is 3.21. The molecule has 0 bridgehead atoms. The normalized spacial score (nSPS) is 22.5. The number of benzene rings is 1. The van der Waals surface area contributed by atoms with Crippen LogP contribution in [0.3, 0.4) is 0 Å². The lowest BCUT2D eigenvalue weighted by molar-refractivity contribution is -0.120. The van der Waals surface area contributed by atoms with Crippen LogP contribution in [0.1, 0.15) is 44.9 Å². The van der Waals surface area contributed by atoms with Crippen molar-refractivity contribution in [1.82, 2.24) is 0 Å². The van der Waals surface area contributed by atoms with Gasteiger partial charge < -0.3 is 14.8 Å². The van der Waals surface area contributed by atoms with E-state index in [4.69, 9.17) is 9.47 Å². The maximum atomic E-state index is 12.2. The molecule has 0 unspecified atom stereocenters. The first-order chi connectivity index (χ1) is 10.8. The molecule has 4 heteroatoms. The smallest absolute Gasteiger partial charge is 0.227 e. The molecule has 1 aromatic rings. The number of carbonyl (C=O) groups is 1. The fraction of sp³-hybridized carbons (Fsp3) is 0.611. The molecule has 4 nitrogen and oxygen atoms in total. The van der Waals surface area contributed by atoms with Gasteiger partial charge >= 0.3 is 0 Å². The van der Waals surface area contributed by atoms with Gasteiger partial charge in [-0.3, -0.25) is 4.79 Å². The summed E-state index contributed by atoms with van der Waals surface area (Å²) in [6, 6.07) is 7.63. The van der Waals surface area contributed by atoms with Crippen LogP contribution < -0.4 is 10.1 Å². The van der Waals surface area contributed by atoms with E-state index in [-0.39, 0.29) is 17.9 Å². The third-order valence-corrected chi connectivity index (χ3v) is 4.56. The summed E-state index contributed by atoms with van der Waals surface area (Å²) in [7, 11) is 0. The maximum Gasteiger partial charge on any atom is 0.227 e. The summed E-state index contributed by atoms with van der Waals surface area (Å²) in [5, 5.41) is 3.02. The number of nitrogens with one attached hydrogen (secondary N) is 1. The van der Waals surface area contributed by atoms with Gasteiger partial charge in [-0.25, -0.2) is 0 Å². The van der Waals surface area contributed by atoms with E-state index in [9.17, 15) is 4.79 Å². The fourth-order valence-corrected chi connectivity index (χ4v) is 3.21. The Labute approximate surface area is 132 Å². The Balaban J connectivity index is 1.47. The van der Waals surface area contributed by atoms with E-state index in [1.165, 1.54) is 19.3 Å². The summed E-state index contributed by atoms with van der Waals surface area (Å²) in [6.45, 7) is 1.45. The second-order valence-corrected chi connectivity index (χ2v) is 6.29. The number of anilines is 1. The second kappa shape index (κ2) is 7.63. The summed E-state index contributed by atoms with van der Waals surface area (Å²) in [6.07, 6.45) is 8.09. The first kappa shape index (κ1) is 15.3. The molecule has 2 fully saturated rings. The SMILES string of the molecule is O=C(Nc1ccc(OC[C@@H]2CCCO2)cc1)C1CCCCC1. The van der Waals surface area contributed by atoms with Gasteiger partial charge in [-0.1, -0.05) is 19.3 Å². The quantitative estimate of drug-likeness (QED) is 0.901. The summed E-state index contributed by atoms with van der Waals surface area (Å²) < 4.78 is 11.3. The van der Waals surface area contributed by atoms with Crippen LogP contribution in [0.25, 0.3) is 0 Å². The standard InChI is InChI=1S/C18H25NO3/c20-18(14-5-2-1-3-6-14)19-15-8-10-16(11-9-15)22-13-17-7-4-12-21-17/h8-11,14,17H,1-7,12-13H2,(H,19,20)/t17-/m0/s1. The van der Waals surface area contributed by atoms with E-state index in [1.54, 1.807) is 0 Å². The molecule has 1 N–H and O–H groups in total. The van der Waals surface area contributed by atoms with Crippen molar-refractivity contribution < 1.29 is 14.3 Å². The van der Waals surface area contributed by atoms with Gasteiger partial charge in [0.25, 0.3) is 0 Å². The third-order valence-electron chi connectivity index (χ3n) is 4.56. The van der Waals surface area contributed by atoms with Gasteiger partial charge in [-0.05, 0) is 49.9 Å². The minimum atomic E-state index is 0.160. The number of carbonyl (C=O) groups excluding carboxylic acids is 1. The van der Waals surface area contributed by atoms with Crippen molar-refractivity contribution >= 4 is 11.6 Å². The van der Waals surface area contributed by atoms with Crippen LogP contribution in [0.4, 0.5) is 5.69 Å². The van der Waals surface area contributed by atoms with Crippen molar-refractivity contribution in [2.75, 3.05) is 18.5 Å². The molecular weight excluding hydrogens is 278 g/mol. The van der Waals surface area contributed by atoms with Gasteiger partial charge in [0.2, 0.25) is 5.91 Å². The average Bonchev–Trinajstić information content (AvgIpc) is 3.08. The lowest BCUT2D eigenvalue weighted by atomic mass is 9.88. The molecule has 3 rings (SSSR count). The zero-order valence-electron chi connectivity index (χ0n) is 13.1. The van der Waals surface area contributed by atoms with Crippen LogP contribution in [-0.2, 0) is 9.53 Å². The van der Waals surface area contributed by atoms with Gasteiger partial charge in [0.05, 0.1) is 6.10 Å². The molecule has 1 amide bonds. The van der Waals surface area contributed by atoms with Crippen molar-refractivity contribution in [1.29, 1.82) is 0 Å². The predicted octanol–water partition coefficient (Wildman–Crippen LogP) is 3.76. The predicted molar refractivity (Wildman–Crippen MR) is 86.1 cm³/mol. The molecule has 1 aromatic carbocycles. The Morgan fingerprint density at radius 2 is 1.86 bits per heavy atom. The molecular formula is C18H25NO3. The molecule has 120 valence electrons. The highest BCUT2D eigenvalue weighted by Gasteiger charge is 2.21. The Hall–Kier alpha value is -1.55. The topological polar surface area (TPSA) is 47.6 Å². The molecule has 1 atom stereocenters. The lowest BCUT2D eigenvalue weighted by Crippen LogP contribution is -2.24. The van der Waals surface area contributed by atoms with Crippen molar-refractivity contribution in [3.8, 4) is 5.75 Å². The van der Waals surface area contributed by atoms with Crippen LogP contribution in [0.5, 0.6) is 5.75 Å². The van der Waals surface area contributed by atoms with Gasteiger partial charge in [0.15, 0.2) is 0 Å². The molecule has 1 saturated carbocycles. The Kier molecular flexibility index (Phi) is 5.33. The number of ether oxygens (including phenoxy) is 2. The molecule has 1 saturated heterocycles. The molecule has 0 spiro atoms. The van der Waals surface area contributed by atoms with Crippen LogP contribution in [0, 0.1) is 5.92 Å². The van der Waals surface area contributed by atoms with E-state index in [2.05, 4.69) is 5.32 Å². The van der Waals surface area contributed by atoms with Crippen molar-refractivity contribution in [3.63, 3.8) is 0 Å². The Bertz CT molecular complexity index is 474. The maximum absolute atomic E-state index is 12.2. The van der Waals surface area contributed by atoms with Crippen LogP contribution in [0.2, 0.25) is 0 Å². The molecule has 0 aromatic heterocycles. The molecule has 1 heterocycles. The van der Waals surface area contributed by atoms with Crippen molar-refractivity contribution in [2.45, 2.75) is 51.0 Å². The van der Waals surface area contributed by atoms with E-state index in [0.29, 0.717) is 6.61 Å². The summed E-state index contributed by atoms with van der Waals surface area (Å²) in [5.74, 6) is 1.17. The second-order valence-electron chi connectivity index (χ2n) is 6.29. The van der Waals surface area contributed by atoms with Crippen molar-refractivity contribution in [3.05, 3.63) is 24.3 Å². The van der Waals surface area contributed by atoms with Gasteiger partial charge in [-0.2, -0.15) is 0 Å². The van der Waals surface area contributed by atoms with E-state index >= 15 is 0 Å². The van der Waals surface area contributed by atoms with Crippen LogP contribution in [-0.4, -0.2) is 25.2 Å². The monoisotopic (exact) mass is 303 g/mol.